The Hall–Kier alpha value is -1.87. The van der Waals surface area contributed by atoms with Crippen molar-refractivity contribution in [1.82, 2.24) is 10.3 Å². The molecule has 0 aliphatic heterocycles. The van der Waals surface area contributed by atoms with Crippen LogP contribution >= 0.6 is 0 Å². The van der Waals surface area contributed by atoms with E-state index in [4.69, 9.17) is 4.74 Å². The normalized spacial score (nSPS) is 14.4. The molecule has 1 saturated carbocycles. The second kappa shape index (κ2) is 6.27. The quantitative estimate of drug-likeness (QED) is 0.875. The van der Waals surface area contributed by atoms with Gasteiger partial charge < -0.3 is 10.1 Å². The molecular weight excluding hydrogens is 260 g/mol. The molecule has 110 valence electrons. The van der Waals surface area contributed by atoms with Gasteiger partial charge in [0.15, 0.2) is 0 Å². The number of hydrogen-bond acceptors (Lipinski definition) is 3. The van der Waals surface area contributed by atoms with E-state index in [1.165, 1.54) is 24.0 Å². The van der Waals surface area contributed by atoms with Crippen LogP contribution in [0, 0.1) is 0 Å². The molecule has 0 unspecified atom stereocenters. The molecule has 0 atom stereocenters. The number of hydrogen-bond donors (Lipinski definition) is 1. The maximum Gasteiger partial charge on any atom is 0.138 e. The number of ether oxygens (including phenoxy) is 1. The molecule has 0 bridgehead atoms. The summed E-state index contributed by atoms with van der Waals surface area (Å²) in [6.45, 7) is 4.99. The van der Waals surface area contributed by atoms with Crippen molar-refractivity contribution in [3.05, 3.63) is 48.3 Å². The van der Waals surface area contributed by atoms with Gasteiger partial charge in [0.25, 0.3) is 0 Å². The van der Waals surface area contributed by atoms with Crippen molar-refractivity contribution in [1.29, 1.82) is 0 Å². The average Bonchev–Trinajstić information content (AvgIpc) is 3.29. The first kappa shape index (κ1) is 14.1. The summed E-state index contributed by atoms with van der Waals surface area (Å²) in [5, 5.41) is 3.55. The summed E-state index contributed by atoms with van der Waals surface area (Å²) in [5.74, 6) is 0.823. The number of aromatic nitrogens is 1. The first-order valence-corrected chi connectivity index (χ1v) is 7.65. The van der Waals surface area contributed by atoms with Crippen molar-refractivity contribution in [2.24, 2.45) is 0 Å². The van der Waals surface area contributed by atoms with Crippen LogP contribution in [0.4, 0.5) is 0 Å². The van der Waals surface area contributed by atoms with E-state index in [1.807, 2.05) is 20.0 Å². The van der Waals surface area contributed by atoms with Crippen LogP contribution in [0.5, 0.6) is 5.75 Å². The third kappa shape index (κ3) is 4.05. The number of rotatable bonds is 6. The lowest BCUT2D eigenvalue weighted by Gasteiger charge is -2.11. The van der Waals surface area contributed by atoms with Gasteiger partial charge in [-0.05, 0) is 49.9 Å². The number of nitrogens with one attached hydrogen (secondary N) is 1. The molecule has 0 spiro atoms. The summed E-state index contributed by atoms with van der Waals surface area (Å²) in [6, 6.07) is 11.4. The zero-order valence-electron chi connectivity index (χ0n) is 12.7. The van der Waals surface area contributed by atoms with Gasteiger partial charge in [-0.25, -0.2) is 0 Å². The van der Waals surface area contributed by atoms with E-state index >= 15 is 0 Å². The minimum atomic E-state index is 0.163. The minimum absolute atomic E-state index is 0.163. The van der Waals surface area contributed by atoms with Crippen LogP contribution in [-0.2, 0) is 6.54 Å². The fourth-order valence-electron chi connectivity index (χ4n) is 2.32. The lowest BCUT2D eigenvalue weighted by molar-refractivity contribution is 0.241. The average molecular weight is 282 g/mol. The van der Waals surface area contributed by atoms with E-state index in [-0.39, 0.29) is 6.10 Å². The number of benzene rings is 1. The fraction of sp³-hybridized carbons (Fsp3) is 0.389. The van der Waals surface area contributed by atoms with Crippen LogP contribution in [-0.4, -0.2) is 17.1 Å². The molecule has 3 rings (SSSR count). The molecular formula is C18H22N2O. The van der Waals surface area contributed by atoms with Gasteiger partial charge in [0.1, 0.15) is 5.75 Å². The Balaban J connectivity index is 1.77. The zero-order valence-corrected chi connectivity index (χ0v) is 12.7. The molecule has 1 aliphatic carbocycles. The van der Waals surface area contributed by atoms with E-state index < -0.39 is 0 Å². The maximum absolute atomic E-state index is 5.72. The molecule has 0 amide bonds. The van der Waals surface area contributed by atoms with Crippen molar-refractivity contribution in [3.63, 3.8) is 0 Å². The predicted octanol–water partition coefficient (Wildman–Crippen LogP) is 3.79. The predicted molar refractivity (Wildman–Crippen MR) is 85.3 cm³/mol. The standard InChI is InChI=1S/C18H22N2O/c1-13(2)21-18-9-16(11-19-12-18)15-5-3-4-14(8-15)10-20-17-6-7-17/h3-5,8-9,11-13,17,20H,6-7,10H2,1-2H3. The maximum atomic E-state index is 5.72. The van der Waals surface area contributed by atoms with E-state index in [2.05, 4.69) is 40.6 Å². The van der Waals surface area contributed by atoms with Crippen LogP contribution in [0.15, 0.2) is 42.7 Å². The van der Waals surface area contributed by atoms with Crippen molar-refractivity contribution in [2.45, 2.75) is 45.4 Å². The van der Waals surface area contributed by atoms with E-state index in [9.17, 15) is 0 Å². The summed E-state index contributed by atoms with van der Waals surface area (Å²) in [4.78, 5) is 4.29. The van der Waals surface area contributed by atoms with Gasteiger partial charge in [0.05, 0.1) is 12.3 Å². The van der Waals surface area contributed by atoms with E-state index in [0.29, 0.717) is 0 Å². The molecule has 3 nitrogen and oxygen atoms in total. The summed E-state index contributed by atoms with van der Waals surface area (Å²) < 4.78 is 5.72. The highest BCUT2D eigenvalue weighted by molar-refractivity contribution is 5.64. The highest BCUT2D eigenvalue weighted by atomic mass is 16.5. The third-order valence-electron chi connectivity index (χ3n) is 3.52. The Morgan fingerprint density at radius 1 is 1.19 bits per heavy atom. The molecule has 3 heteroatoms. The molecule has 0 radical (unpaired) electrons. The van der Waals surface area contributed by atoms with E-state index in [0.717, 1.165) is 23.9 Å². The second-order valence-electron chi connectivity index (χ2n) is 5.93. The molecule has 1 aliphatic rings. The Morgan fingerprint density at radius 3 is 2.81 bits per heavy atom. The molecule has 1 aromatic heterocycles. The Morgan fingerprint density at radius 2 is 2.05 bits per heavy atom. The van der Waals surface area contributed by atoms with Gasteiger partial charge in [-0.2, -0.15) is 0 Å². The van der Waals surface area contributed by atoms with Crippen LogP contribution in [0.3, 0.4) is 0 Å². The number of pyridine rings is 1. The minimum Gasteiger partial charge on any atom is -0.489 e. The van der Waals surface area contributed by atoms with Crippen LogP contribution in [0.2, 0.25) is 0 Å². The highest BCUT2D eigenvalue weighted by Gasteiger charge is 2.19. The summed E-state index contributed by atoms with van der Waals surface area (Å²) in [7, 11) is 0. The Kier molecular flexibility index (Phi) is 4.20. The first-order chi connectivity index (χ1) is 10.2. The van der Waals surface area contributed by atoms with Crippen molar-refractivity contribution >= 4 is 0 Å². The van der Waals surface area contributed by atoms with Gasteiger partial charge >= 0.3 is 0 Å². The topological polar surface area (TPSA) is 34.1 Å². The van der Waals surface area contributed by atoms with Gasteiger partial charge in [-0.3, -0.25) is 4.98 Å². The lowest BCUT2D eigenvalue weighted by Crippen LogP contribution is -2.15. The number of nitrogens with zero attached hydrogens (tertiary/aromatic N) is 1. The zero-order chi connectivity index (χ0) is 14.7. The second-order valence-corrected chi connectivity index (χ2v) is 5.93. The smallest absolute Gasteiger partial charge is 0.138 e. The van der Waals surface area contributed by atoms with Crippen LogP contribution in [0.1, 0.15) is 32.3 Å². The molecule has 2 aromatic rings. The molecule has 1 heterocycles. The molecule has 1 N–H and O–H groups in total. The highest BCUT2D eigenvalue weighted by Crippen LogP contribution is 2.25. The summed E-state index contributed by atoms with van der Waals surface area (Å²) >= 11 is 0. The molecule has 21 heavy (non-hydrogen) atoms. The largest absolute Gasteiger partial charge is 0.489 e. The van der Waals surface area contributed by atoms with Crippen molar-refractivity contribution in [3.8, 4) is 16.9 Å². The summed E-state index contributed by atoms with van der Waals surface area (Å²) in [5.41, 5.74) is 3.60. The van der Waals surface area contributed by atoms with Gasteiger partial charge in [0.2, 0.25) is 0 Å². The van der Waals surface area contributed by atoms with Gasteiger partial charge in [0, 0.05) is 24.3 Å². The summed E-state index contributed by atoms with van der Waals surface area (Å²) in [6.07, 6.45) is 6.45. The molecule has 0 saturated heterocycles. The first-order valence-electron chi connectivity index (χ1n) is 7.65. The van der Waals surface area contributed by atoms with Crippen molar-refractivity contribution in [2.75, 3.05) is 0 Å². The molecule has 1 fully saturated rings. The molecule has 1 aromatic carbocycles. The SMILES string of the molecule is CC(C)Oc1cncc(-c2cccc(CNC3CC3)c2)c1. The lowest BCUT2D eigenvalue weighted by atomic mass is 10.0. The Labute approximate surface area is 126 Å². The third-order valence-corrected chi connectivity index (χ3v) is 3.52. The fourth-order valence-corrected chi connectivity index (χ4v) is 2.32. The van der Waals surface area contributed by atoms with Crippen LogP contribution in [0.25, 0.3) is 11.1 Å². The van der Waals surface area contributed by atoms with Gasteiger partial charge in [-0.1, -0.05) is 18.2 Å². The van der Waals surface area contributed by atoms with Crippen LogP contribution < -0.4 is 10.1 Å². The van der Waals surface area contributed by atoms with Gasteiger partial charge in [-0.15, -0.1) is 0 Å². The van der Waals surface area contributed by atoms with Crippen molar-refractivity contribution < 1.29 is 4.74 Å². The Bertz CT molecular complexity index is 606. The monoisotopic (exact) mass is 282 g/mol. The van der Waals surface area contributed by atoms with E-state index in [1.54, 1.807) is 6.20 Å².